The molecule has 2 N–H and O–H groups in total. The van der Waals surface area contributed by atoms with E-state index in [4.69, 9.17) is 14.2 Å². The Hall–Kier alpha value is -3.60. The molecule has 11 heteroatoms. The van der Waals surface area contributed by atoms with Gasteiger partial charge in [0.25, 0.3) is 15.9 Å². The Labute approximate surface area is 191 Å². The zero-order valence-electron chi connectivity index (χ0n) is 18.2. The number of nitrogens with one attached hydrogen (secondary N) is 2. The van der Waals surface area contributed by atoms with Crippen LogP contribution in [0.15, 0.2) is 52.4 Å². The number of amides is 1. The maximum atomic E-state index is 12.8. The second-order valence-corrected chi connectivity index (χ2v) is 9.56. The second-order valence-electron chi connectivity index (χ2n) is 7.90. The number of sulfonamides is 1. The van der Waals surface area contributed by atoms with Crippen LogP contribution in [0.4, 0.5) is 5.69 Å². The van der Waals surface area contributed by atoms with E-state index in [0.717, 1.165) is 0 Å². The van der Waals surface area contributed by atoms with Crippen LogP contribution < -0.4 is 19.5 Å². The first-order valence-electron chi connectivity index (χ1n) is 10.3. The summed E-state index contributed by atoms with van der Waals surface area (Å²) in [5, 5.41) is 2.66. The Kier molecular flexibility index (Phi) is 5.98. The highest BCUT2D eigenvalue weighted by Crippen LogP contribution is 2.34. The van der Waals surface area contributed by atoms with Crippen molar-refractivity contribution in [2.45, 2.75) is 37.8 Å². The lowest BCUT2D eigenvalue weighted by Crippen LogP contribution is -2.37. The third kappa shape index (κ3) is 4.63. The minimum absolute atomic E-state index is 0.0683. The molecule has 2 atom stereocenters. The molecule has 0 bridgehead atoms. The van der Waals surface area contributed by atoms with E-state index < -0.39 is 34.0 Å². The molecule has 0 spiro atoms. The van der Waals surface area contributed by atoms with Crippen LogP contribution in [-0.2, 0) is 24.3 Å². The Bertz CT molecular complexity index is 1240. The smallest absolute Gasteiger partial charge is 0.331 e. The minimum Gasteiger partial charge on any atom is -0.454 e. The first-order valence-corrected chi connectivity index (χ1v) is 11.7. The number of carbonyl (C=O) groups excluding carboxylic acids is 2. The van der Waals surface area contributed by atoms with Gasteiger partial charge in [-0.1, -0.05) is 26.0 Å². The number of esters is 1. The molecule has 1 amide bonds. The standard InChI is InChI=1S/C22H23N3O7S/c1-12(2)19(24-20-15-6-4-5-7-18(15)33(28,29)25-20)22(27)32-13(3)21(26)23-14-8-9-16-17(10-14)31-11-30-16/h4-10,12-13,19H,11H2,1-3H3,(H,23,26)(H,24,25)/t13-,19+/m1/s1. The highest BCUT2D eigenvalue weighted by molar-refractivity contribution is 7.90. The summed E-state index contributed by atoms with van der Waals surface area (Å²) in [6.45, 7) is 5.06. The molecular formula is C22H23N3O7S. The molecule has 0 fully saturated rings. The van der Waals surface area contributed by atoms with Gasteiger partial charge in [0.1, 0.15) is 5.84 Å². The molecule has 0 aromatic heterocycles. The predicted molar refractivity (Wildman–Crippen MR) is 119 cm³/mol. The lowest BCUT2D eigenvalue weighted by molar-refractivity contribution is -0.155. The lowest BCUT2D eigenvalue weighted by atomic mass is 10.0. The summed E-state index contributed by atoms with van der Waals surface area (Å²) in [7, 11) is -3.74. The van der Waals surface area contributed by atoms with Gasteiger partial charge in [0.05, 0.1) is 4.90 Å². The number of fused-ring (bicyclic) bond motifs is 2. The van der Waals surface area contributed by atoms with E-state index in [9.17, 15) is 18.0 Å². The van der Waals surface area contributed by atoms with Gasteiger partial charge >= 0.3 is 5.97 Å². The third-order valence-electron chi connectivity index (χ3n) is 5.11. The molecule has 33 heavy (non-hydrogen) atoms. The van der Waals surface area contributed by atoms with Gasteiger partial charge in [-0.3, -0.25) is 14.5 Å². The molecule has 4 rings (SSSR count). The van der Waals surface area contributed by atoms with Gasteiger partial charge < -0.3 is 19.5 Å². The van der Waals surface area contributed by atoms with Crippen LogP contribution in [0.2, 0.25) is 0 Å². The first kappa shape index (κ1) is 22.6. The summed E-state index contributed by atoms with van der Waals surface area (Å²) in [4.78, 5) is 29.8. The molecule has 10 nitrogen and oxygen atoms in total. The monoisotopic (exact) mass is 473 g/mol. The maximum absolute atomic E-state index is 12.8. The van der Waals surface area contributed by atoms with Crippen LogP contribution in [-0.4, -0.2) is 45.1 Å². The molecule has 174 valence electrons. The van der Waals surface area contributed by atoms with Gasteiger partial charge in [0.15, 0.2) is 23.6 Å². The van der Waals surface area contributed by atoms with Crippen molar-refractivity contribution in [3.63, 3.8) is 0 Å². The Balaban J connectivity index is 1.46. The largest absolute Gasteiger partial charge is 0.454 e. The average Bonchev–Trinajstić information content (AvgIpc) is 3.33. The molecule has 0 unspecified atom stereocenters. The topological polar surface area (TPSA) is 132 Å². The number of ether oxygens (including phenoxy) is 3. The SMILES string of the molecule is CC(C)[C@H](N=C1NS(=O)(=O)c2ccccc21)C(=O)O[C@H](C)C(=O)Nc1ccc2c(c1)OCO2. The maximum Gasteiger partial charge on any atom is 0.331 e. The highest BCUT2D eigenvalue weighted by Gasteiger charge is 2.34. The quantitative estimate of drug-likeness (QED) is 0.614. The number of carbonyl (C=O) groups is 2. The van der Waals surface area contributed by atoms with Crippen molar-refractivity contribution in [2.24, 2.45) is 10.9 Å². The number of anilines is 1. The third-order valence-corrected chi connectivity index (χ3v) is 6.50. The van der Waals surface area contributed by atoms with Crippen molar-refractivity contribution in [2.75, 3.05) is 12.1 Å². The lowest BCUT2D eigenvalue weighted by Gasteiger charge is -2.19. The van der Waals surface area contributed by atoms with E-state index in [1.54, 1.807) is 50.2 Å². The normalized spacial score (nSPS) is 18.4. The van der Waals surface area contributed by atoms with E-state index in [2.05, 4.69) is 15.0 Å². The zero-order chi connectivity index (χ0) is 23.8. The van der Waals surface area contributed by atoms with Gasteiger partial charge in [-0.2, -0.15) is 0 Å². The summed E-state index contributed by atoms with van der Waals surface area (Å²) in [6, 6.07) is 10.3. The number of rotatable bonds is 6. The molecular weight excluding hydrogens is 450 g/mol. The summed E-state index contributed by atoms with van der Waals surface area (Å²) in [5.74, 6) is -0.438. The summed E-state index contributed by atoms with van der Waals surface area (Å²) < 4.78 is 42.9. The number of aliphatic imine (C=N–C) groups is 1. The summed E-state index contributed by atoms with van der Waals surface area (Å²) in [6.07, 6.45) is -1.11. The Morgan fingerprint density at radius 3 is 2.58 bits per heavy atom. The van der Waals surface area contributed by atoms with Crippen LogP contribution in [0.3, 0.4) is 0 Å². The average molecular weight is 474 g/mol. The minimum atomic E-state index is -3.74. The van der Waals surface area contributed by atoms with Crippen molar-refractivity contribution in [1.29, 1.82) is 0 Å². The molecule has 0 saturated carbocycles. The van der Waals surface area contributed by atoms with Crippen LogP contribution in [0.1, 0.15) is 26.3 Å². The van der Waals surface area contributed by atoms with Gasteiger partial charge in [0.2, 0.25) is 6.79 Å². The van der Waals surface area contributed by atoms with Gasteiger partial charge in [-0.05, 0) is 37.1 Å². The van der Waals surface area contributed by atoms with E-state index >= 15 is 0 Å². The zero-order valence-corrected chi connectivity index (χ0v) is 19.0. The number of nitrogens with zero attached hydrogens (tertiary/aromatic N) is 1. The predicted octanol–water partition coefficient (Wildman–Crippen LogP) is 2.05. The number of hydrogen-bond acceptors (Lipinski definition) is 8. The molecule has 2 aliphatic heterocycles. The number of benzene rings is 2. The van der Waals surface area contributed by atoms with E-state index in [-0.39, 0.29) is 23.4 Å². The van der Waals surface area contributed by atoms with Gasteiger partial charge in [0, 0.05) is 17.3 Å². The Morgan fingerprint density at radius 2 is 1.82 bits per heavy atom. The van der Waals surface area contributed by atoms with Crippen LogP contribution in [0.5, 0.6) is 11.5 Å². The van der Waals surface area contributed by atoms with E-state index in [0.29, 0.717) is 22.7 Å². The summed E-state index contributed by atoms with van der Waals surface area (Å²) >= 11 is 0. The van der Waals surface area contributed by atoms with Crippen LogP contribution in [0.25, 0.3) is 0 Å². The molecule has 2 heterocycles. The fourth-order valence-electron chi connectivity index (χ4n) is 3.36. The Morgan fingerprint density at radius 1 is 1.09 bits per heavy atom. The second kappa shape index (κ2) is 8.74. The van der Waals surface area contributed by atoms with Crippen molar-refractivity contribution < 1.29 is 32.2 Å². The molecule has 2 aliphatic rings. The highest BCUT2D eigenvalue weighted by atomic mass is 32.2. The van der Waals surface area contributed by atoms with Crippen LogP contribution in [0, 0.1) is 5.92 Å². The number of amidine groups is 1. The molecule has 2 aromatic rings. The van der Waals surface area contributed by atoms with Gasteiger partial charge in [-0.15, -0.1) is 0 Å². The van der Waals surface area contributed by atoms with E-state index in [1.807, 2.05) is 0 Å². The summed E-state index contributed by atoms with van der Waals surface area (Å²) in [5.41, 5.74) is 0.842. The van der Waals surface area contributed by atoms with Crippen molar-refractivity contribution in [3.05, 3.63) is 48.0 Å². The fraction of sp³-hybridized carbons (Fsp3) is 0.318. The number of hydrogen-bond donors (Lipinski definition) is 2. The van der Waals surface area contributed by atoms with Crippen LogP contribution >= 0.6 is 0 Å². The fourth-order valence-corrected chi connectivity index (χ4v) is 4.60. The molecule has 0 saturated heterocycles. The van der Waals surface area contributed by atoms with Crippen molar-refractivity contribution in [3.8, 4) is 11.5 Å². The molecule has 2 aromatic carbocycles. The first-order chi connectivity index (χ1) is 15.7. The van der Waals surface area contributed by atoms with Gasteiger partial charge in [-0.25, -0.2) is 13.2 Å². The van der Waals surface area contributed by atoms with Crippen molar-refractivity contribution in [1.82, 2.24) is 4.72 Å². The van der Waals surface area contributed by atoms with Crippen molar-refractivity contribution >= 4 is 33.4 Å². The van der Waals surface area contributed by atoms with E-state index in [1.165, 1.54) is 13.0 Å². The molecule has 0 radical (unpaired) electrons. The molecule has 0 aliphatic carbocycles.